The number of aliphatic carboxylic acids is 1. The van der Waals surface area contributed by atoms with E-state index in [-0.39, 0.29) is 43.2 Å². The average molecular weight is 525 g/mol. The first-order valence-electron chi connectivity index (χ1n) is 11.6. The Morgan fingerprint density at radius 3 is 2.17 bits per heavy atom. The van der Waals surface area contributed by atoms with E-state index in [9.17, 15) is 36.3 Å². The molecule has 0 radical (unpaired) electrons. The Bertz CT molecular complexity index is 1270. The van der Waals surface area contributed by atoms with Crippen molar-refractivity contribution in [3.05, 3.63) is 64.7 Å². The third-order valence-corrected chi connectivity index (χ3v) is 9.09. The smallest absolute Gasteiger partial charge is 0.416 e. The average Bonchev–Trinajstić information content (AvgIpc) is 3.23. The molecule has 1 unspecified atom stereocenters. The predicted molar refractivity (Wildman–Crippen MR) is 125 cm³/mol. The van der Waals surface area contributed by atoms with Gasteiger partial charge in [-0.3, -0.25) is 9.59 Å². The lowest BCUT2D eigenvalue weighted by molar-refractivity contribution is -0.141. The number of rotatable bonds is 5. The Balaban J connectivity index is 1.49. The molecule has 0 bridgehead atoms. The fourth-order valence-electron chi connectivity index (χ4n) is 5.23. The van der Waals surface area contributed by atoms with Crippen LogP contribution in [0.3, 0.4) is 0 Å². The second-order valence-electron chi connectivity index (χ2n) is 9.54. The highest BCUT2D eigenvalue weighted by atomic mass is 32.2. The molecule has 1 aliphatic carbocycles. The van der Waals surface area contributed by atoms with E-state index in [0.29, 0.717) is 16.7 Å². The molecule has 2 aromatic rings. The van der Waals surface area contributed by atoms with Crippen LogP contribution in [0.2, 0.25) is 0 Å². The third-order valence-electron chi connectivity index (χ3n) is 6.88. The van der Waals surface area contributed by atoms with Crippen LogP contribution in [-0.2, 0) is 45.1 Å². The molecule has 0 aromatic heterocycles. The van der Waals surface area contributed by atoms with Gasteiger partial charge in [0.05, 0.1) is 22.8 Å². The van der Waals surface area contributed by atoms with Crippen molar-refractivity contribution in [1.29, 1.82) is 0 Å². The van der Waals surface area contributed by atoms with Crippen molar-refractivity contribution in [1.82, 2.24) is 9.21 Å². The van der Waals surface area contributed by atoms with E-state index >= 15 is 0 Å². The fourth-order valence-corrected chi connectivity index (χ4v) is 7.32. The Labute approximate surface area is 207 Å². The third kappa shape index (κ3) is 4.99. The first-order valence-corrected chi connectivity index (χ1v) is 13.0. The summed E-state index contributed by atoms with van der Waals surface area (Å²) in [6.45, 7) is 3.68. The van der Waals surface area contributed by atoms with Gasteiger partial charge >= 0.3 is 12.1 Å². The second kappa shape index (κ2) is 9.51. The van der Waals surface area contributed by atoms with Gasteiger partial charge < -0.3 is 10.0 Å². The largest absolute Gasteiger partial charge is 0.481 e. The second-order valence-corrected chi connectivity index (χ2v) is 11.4. The number of hydrogen-bond donors (Lipinski definition) is 1. The highest BCUT2D eigenvalue weighted by molar-refractivity contribution is 7.89. The van der Waals surface area contributed by atoms with Crippen LogP contribution in [0.25, 0.3) is 0 Å². The Morgan fingerprint density at radius 1 is 1.00 bits per heavy atom. The number of benzene rings is 2. The Hall–Kier alpha value is -2.92. The monoisotopic (exact) mass is 524 g/mol. The van der Waals surface area contributed by atoms with Gasteiger partial charge in [-0.25, -0.2) is 8.42 Å². The van der Waals surface area contributed by atoms with Crippen LogP contribution in [0.5, 0.6) is 0 Å². The lowest BCUT2D eigenvalue weighted by Crippen LogP contribution is -2.59. The summed E-state index contributed by atoms with van der Waals surface area (Å²) in [5, 5.41) is 9.40. The molecule has 1 N–H and O–H groups in total. The molecule has 2 aromatic carbocycles. The molecule has 1 amide bonds. The van der Waals surface area contributed by atoms with Crippen LogP contribution in [0.15, 0.2) is 47.4 Å². The minimum absolute atomic E-state index is 0.0902. The molecule has 2 aliphatic rings. The number of halogens is 3. The SMILES string of the molecule is C[C@@H]1CN(C(=O)Cc2ccc(C(F)(F)F)cc2)C[C@H](C)N1S(=O)(=O)c1cccc2c1CC(C(=O)O)C2. The number of fused-ring (bicyclic) bond motifs is 1. The molecule has 1 saturated heterocycles. The normalized spacial score (nSPS) is 22.9. The van der Waals surface area contributed by atoms with Crippen molar-refractivity contribution in [3.63, 3.8) is 0 Å². The number of sulfonamides is 1. The number of carbonyl (C=O) groups excluding carboxylic acids is 1. The van der Waals surface area contributed by atoms with Crippen molar-refractivity contribution in [2.75, 3.05) is 13.1 Å². The lowest BCUT2D eigenvalue weighted by atomic mass is 10.1. The van der Waals surface area contributed by atoms with Gasteiger partial charge in [0.25, 0.3) is 0 Å². The van der Waals surface area contributed by atoms with Crippen molar-refractivity contribution in [3.8, 4) is 0 Å². The van der Waals surface area contributed by atoms with Gasteiger partial charge in [0.15, 0.2) is 0 Å². The van der Waals surface area contributed by atoms with E-state index in [0.717, 1.165) is 12.1 Å². The molecule has 194 valence electrons. The van der Waals surface area contributed by atoms with Gasteiger partial charge in [-0.15, -0.1) is 0 Å². The topological polar surface area (TPSA) is 95.0 Å². The van der Waals surface area contributed by atoms with Crippen LogP contribution < -0.4 is 0 Å². The van der Waals surface area contributed by atoms with Gasteiger partial charge in [-0.05, 0) is 61.6 Å². The summed E-state index contributed by atoms with van der Waals surface area (Å²) in [6, 6.07) is 8.18. The molecule has 11 heteroatoms. The van der Waals surface area contributed by atoms with Crippen molar-refractivity contribution in [2.45, 2.75) is 56.3 Å². The van der Waals surface area contributed by atoms with Crippen LogP contribution in [0.1, 0.15) is 36.1 Å². The summed E-state index contributed by atoms with van der Waals surface area (Å²) in [4.78, 5) is 26.0. The summed E-state index contributed by atoms with van der Waals surface area (Å²) in [7, 11) is -3.97. The maximum atomic E-state index is 13.7. The molecule has 0 saturated carbocycles. The first kappa shape index (κ1) is 26.2. The molecular weight excluding hydrogens is 497 g/mol. The van der Waals surface area contributed by atoms with Gasteiger partial charge in [-0.1, -0.05) is 24.3 Å². The Morgan fingerprint density at radius 2 is 1.61 bits per heavy atom. The summed E-state index contributed by atoms with van der Waals surface area (Å²) in [6.07, 6.45) is -4.12. The fraction of sp³-hybridized carbons (Fsp3) is 0.440. The highest BCUT2D eigenvalue weighted by Crippen LogP contribution is 2.35. The van der Waals surface area contributed by atoms with Gasteiger partial charge in [0.1, 0.15) is 0 Å². The highest BCUT2D eigenvalue weighted by Gasteiger charge is 2.42. The molecule has 1 aliphatic heterocycles. The quantitative estimate of drug-likeness (QED) is 0.648. The Kier molecular flexibility index (Phi) is 6.91. The number of alkyl halides is 3. The van der Waals surface area contributed by atoms with Gasteiger partial charge in [0, 0.05) is 25.2 Å². The van der Waals surface area contributed by atoms with Crippen molar-refractivity contribution in [2.24, 2.45) is 5.92 Å². The molecule has 1 heterocycles. The molecule has 36 heavy (non-hydrogen) atoms. The molecule has 7 nitrogen and oxygen atoms in total. The summed E-state index contributed by atoms with van der Waals surface area (Å²) >= 11 is 0. The molecule has 0 spiro atoms. The lowest BCUT2D eigenvalue weighted by Gasteiger charge is -2.43. The number of amides is 1. The van der Waals surface area contributed by atoms with Crippen molar-refractivity contribution >= 4 is 21.9 Å². The minimum Gasteiger partial charge on any atom is -0.481 e. The zero-order chi connectivity index (χ0) is 26.4. The van der Waals surface area contributed by atoms with Crippen LogP contribution >= 0.6 is 0 Å². The van der Waals surface area contributed by atoms with Crippen LogP contribution in [0, 0.1) is 5.92 Å². The maximum Gasteiger partial charge on any atom is 0.416 e. The van der Waals surface area contributed by atoms with Crippen LogP contribution in [-0.4, -0.2) is 59.8 Å². The van der Waals surface area contributed by atoms with E-state index in [1.165, 1.54) is 27.4 Å². The number of carboxylic acid groups (broad SMARTS) is 1. The van der Waals surface area contributed by atoms with Crippen LogP contribution in [0.4, 0.5) is 13.2 Å². The number of piperazine rings is 1. The van der Waals surface area contributed by atoms with Gasteiger partial charge in [-0.2, -0.15) is 17.5 Å². The minimum atomic E-state index is -4.46. The predicted octanol–water partition coefficient (Wildman–Crippen LogP) is 3.36. The number of hydrogen-bond acceptors (Lipinski definition) is 4. The maximum absolute atomic E-state index is 13.7. The van der Waals surface area contributed by atoms with Gasteiger partial charge in [0.2, 0.25) is 15.9 Å². The standard InChI is InChI=1S/C25H27F3N2O5S/c1-15-13-29(23(31)10-17-6-8-20(9-7-17)25(26,27)28)14-16(2)30(15)36(34,35)22-5-3-4-18-11-19(24(32)33)12-21(18)22/h3-9,15-16,19H,10-14H2,1-2H3,(H,32,33)/t15-,16+,19?. The first-order chi connectivity index (χ1) is 16.8. The number of nitrogens with zero attached hydrogens (tertiary/aromatic N) is 2. The molecule has 4 rings (SSSR count). The summed E-state index contributed by atoms with van der Waals surface area (Å²) in [5.74, 6) is -1.92. The summed E-state index contributed by atoms with van der Waals surface area (Å²) < 4.78 is 67.2. The zero-order valence-corrected chi connectivity index (χ0v) is 20.6. The molecular formula is C25H27F3N2O5S. The zero-order valence-electron chi connectivity index (χ0n) is 19.8. The molecule has 3 atom stereocenters. The van der Waals surface area contributed by atoms with E-state index in [1.807, 2.05) is 0 Å². The summed E-state index contributed by atoms with van der Waals surface area (Å²) in [5.41, 5.74) is 0.900. The molecule has 1 fully saturated rings. The number of carboxylic acids is 1. The van der Waals surface area contributed by atoms with E-state index in [2.05, 4.69) is 0 Å². The van der Waals surface area contributed by atoms with E-state index in [4.69, 9.17) is 0 Å². The van der Waals surface area contributed by atoms with E-state index < -0.39 is 45.7 Å². The van der Waals surface area contributed by atoms with E-state index in [1.54, 1.807) is 26.0 Å². The van der Waals surface area contributed by atoms with Crippen molar-refractivity contribution < 1.29 is 36.3 Å². The number of carbonyl (C=O) groups is 2.